The highest BCUT2D eigenvalue weighted by Gasteiger charge is 2.41. The van der Waals surface area contributed by atoms with Crippen molar-refractivity contribution in [2.24, 2.45) is 0 Å². The maximum Gasteiger partial charge on any atom is 0.273 e. The first-order valence-electron chi connectivity index (χ1n) is 9.93. The quantitative estimate of drug-likeness (QED) is 0.443. The minimum atomic E-state index is -0.988. The second kappa shape index (κ2) is 8.96. The van der Waals surface area contributed by atoms with E-state index in [1.54, 1.807) is 24.3 Å². The Morgan fingerprint density at radius 2 is 1.56 bits per heavy atom. The van der Waals surface area contributed by atoms with Gasteiger partial charge < -0.3 is 4.74 Å². The number of thioether (sulfide) groups is 1. The normalized spacial score (nSPS) is 14.0. The van der Waals surface area contributed by atoms with Gasteiger partial charge in [0.25, 0.3) is 11.8 Å². The minimum Gasteiger partial charge on any atom is -0.491 e. The fraction of sp³-hybridized carbons (Fsp3) is 0.120. The van der Waals surface area contributed by atoms with Gasteiger partial charge in [0.2, 0.25) is 0 Å². The number of carbonyl (C=O) groups is 2. The highest BCUT2D eigenvalue weighted by atomic mass is 32.2. The lowest BCUT2D eigenvalue weighted by atomic mass is 10.1. The summed E-state index contributed by atoms with van der Waals surface area (Å²) in [4.78, 5) is 28.3. The van der Waals surface area contributed by atoms with E-state index in [1.165, 1.54) is 0 Å². The lowest BCUT2D eigenvalue weighted by Crippen LogP contribution is -2.32. The molecule has 1 aliphatic rings. The van der Waals surface area contributed by atoms with Gasteiger partial charge >= 0.3 is 0 Å². The summed E-state index contributed by atoms with van der Waals surface area (Å²) in [6.45, 7) is 3.80. The van der Waals surface area contributed by atoms with Crippen LogP contribution in [0.5, 0.6) is 5.75 Å². The van der Waals surface area contributed by atoms with Crippen molar-refractivity contribution in [1.29, 1.82) is 0 Å². The van der Waals surface area contributed by atoms with Gasteiger partial charge in [-0.15, -0.1) is 0 Å². The molecule has 7 heteroatoms. The average Bonchev–Trinajstić information content (AvgIpc) is 2.99. The van der Waals surface area contributed by atoms with Gasteiger partial charge in [-0.2, -0.15) is 0 Å². The Bertz CT molecular complexity index is 1210. The molecule has 0 spiro atoms. The number of carbonyl (C=O) groups excluding carboxylic acids is 2. The number of imide groups is 1. The summed E-state index contributed by atoms with van der Waals surface area (Å²) in [5, 5.41) is 0. The molecule has 3 aromatic rings. The van der Waals surface area contributed by atoms with Crippen molar-refractivity contribution in [2.45, 2.75) is 24.8 Å². The molecule has 0 radical (unpaired) electrons. The summed E-state index contributed by atoms with van der Waals surface area (Å²) in [7, 11) is 0. The second-order valence-electron chi connectivity index (χ2n) is 7.35. The highest BCUT2D eigenvalue weighted by Crippen LogP contribution is 2.42. The Kier molecular flexibility index (Phi) is 6.10. The predicted molar refractivity (Wildman–Crippen MR) is 120 cm³/mol. The molecular weight excluding hydrogens is 432 g/mol. The van der Waals surface area contributed by atoms with Crippen LogP contribution >= 0.6 is 11.8 Å². The molecule has 2 amide bonds. The van der Waals surface area contributed by atoms with E-state index in [0.29, 0.717) is 17.4 Å². The molecule has 4 nitrogen and oxygen atoms in total. The summed E-state index contributed by atoms with van der Waals surface area (Å²) >= 11 is 1.13. The van der Waals surface area contributed by atoms with Crippen molar-refractivity contribution < 1.29 is 23.1 Å². The first-order valence-corrected chi connectivity index (χ1v) is 10.7. The zero-order valence-corrected chi connectivity index (χ0v) is 18.2. The van der Waals surface area contributed by atoms with Crippen molar-refractivity contribution in [3.8, 4) is 5.75 Å². The van der Waals surface area contributed by atoms with E-state index in [9.17, 15) is 18.4 Å². The Hall–Kier alpha value is -3.45. The number of anilines is 1. The number of benzene rings is 3. The van der Waals surface area contributed by atoms with Crippen molar-refractivity contribution >= 4 is 34.8 Å². The van der Waals surface area contributed by atoms with Crippen LogP contribution in [0.3, 0.4) is 0 Å². The fourth-order valence-electron chi connectivity index (χ4n) is 3.32. The van der Waals surface area contributed by atoms with Crippen LogP contribution < -0.4 is 9.64 Å². The van der Waals surface area contributed by atoms with Crippen LogP contribution in [0, 0.1) is 11.6 Å². The molecule has 1 aliphatic heterocycles. The first kappa shape index (κ1) is 21.8. The zero-order valence-electron chi connectivity index (χ0n) is 17.3. The van der Waals surface area contributed by atoms with Gasteiger partial charge in [-0.3, -0.25) is 9.59 Å². The van der Waals surface area contributed by atoms with Crippen LogP contribution in [0.2, 0.25) is 0 Å². The van der Waals surface area contributed by atoms with Gasteiger partial charge in [0.05, 0.1) is 22.3 Å². The Balaban J connectivity index is 1.79. The van der Waals surface area contributed by atoms with Crippen molar-refractivity contribution in [1.82, 2.24) is 0 Å². The number of nitrogens with zero attached hydrogens (tertiary/aromatic N) is 1. The van der Waals surface area contributed by atoms with E-state index in [0.717, 1.165) is 33.7 Å². The van der Waals surface area contributed by atoms with E-state index >= 15 is 0 Å². The molecule has 0 aliphatic carbocycles. The molecule has 32 heavy (non-hydrogen) atoms. The van der Waals surface area contributed by atoms with E-state index in [4.69, 9.17) is 4.74 Å². The van der Waals surface area contributed by atoms with Gasteiger partial charge in [0.1, 0.15) is 17.4 Å². The maximum atomic E-state index is 14.5. The molecule has 0 unspecified atom stereocenters. The van der Waals surface area contributed by atoms with Crippen LogP contribution in [-0.2, 0) is 9.59 Å². The molecule has 0 saturated carbocycles. The second-order valence-corrected chi connectivity index (χ2v) is 8.44. The molecule has 0 atom stereocenters. The molecule has 3 aromatic carbocycles. The van der Waals surface area contributed by atoms with Gasteiger partial charge in [-0.1, -0.05) is 42.1 Å². The summed E-state index contributed by atoms with van der Waals surface area (Å²) in [6, 6.07) is 18.7. The molecule has 0 saturated heterocycles. The molecule has 1 heterocycles. The summed E-state index contributed by atoms with van der Waals surface area (Å²) in [5.41, 5.74) is 0.369. The molecule has 162 valence electrons. The Morgan fingerprint density at radius 1 is 0.875 bits per heavy atom. The zero-order chi connectivity index (χ0) is 22.8. The first-order chi connectivity index (χ1) is 15.3. The van der Waals surface area contributed by atoms with E-state index < -0.39 is 23.4 Å². The van der Waals surface area contributed by atoms with Crippen LogP contribution in [0.25, 0.3) is 5.57 Å². The smallest absolute Gasteiger partial charge is 0.273 e. The third kappa shape index (κ3) is 4.29. The van der Waals surface area contributed by atoms with Gasteiger partial charge in [0.15, 0.2) is 0 Å². The lowest BCUT2D eigenvalue weighted by molar-refractivity contribution is -0.119. The Labute approximate surface area is 188 Å². The van der Waals surface area contributed by atoms with Gasteiger partial charge in [-0.25, -0.2) is 13.7 Å². The van der Waals surface area contributed by atoms with E-state index in [2.05, 4.69) is 0 Å². The molecule has 0 bridgehead atoms. The summed E-state index contributed by atoms with van der Waals surface area (Å²) in [5.74, 6) is -2.49. The van der Waals surface area contributed by atoms with Crippen LogP contribution in [0.15, 0.2) is 82.6 Å². The van der Waals surface area contributed by atoms with Crippen LogP contribution in [0.4, 0.5) is 14.5 Å². The van der Waals surface area contributed by atoms with Crippen LogP contribution in [-0.4, -0.2) is 17.9 Å². The van der Waals surface area contributed by atoms with Crippen LogP contribution in [0.1, 0.15) is 19.4 Å². The average molecular weight is 451 g/mol. The van der Waals surface area contributed by atoms with Gasteiger partial charge in [0, 0.05) is 11.0 Å². The number of hydrogen-bond acceptors (Lipinski definition) is 4. The highest BCUT2D eigenvalue weighted by molar-refractivity contribution is 8.04. The third-order valence-corrected chi connectivity index (χ3v) is 5.76. The fourth-order valence-corrected chi connectivity index (χ4v) is 4.33. The van der Waals surface area contributed by atoms with Crippen molar-refractivity contribution in [3.05, 3.63) is 94.9 Å². The topological polar surface area (TPSA) is 46.6 Å². The van der Waals surface area contributed by atoms with E-state index in [-0.39, 0.29) is 22.3 Å². The maximum absolute atomic E-state index is 14.5. The van der Waals surface area contributed by atoms with Gasteiger partial charge in [-0.05, 0) is 55.8 Å². The molecule has 0 N–H and O–H groups in total. The standard InChI is InChI=1S/C25H19F2NO3S/c1-15(2)31-18-11-8-16(9-12-18)22-23(32-19-6-4-3-5-7-19)25(30)28(24(22)29)21-13-10-17(26)14-20(21)27/h3-15H,1-2H3. The molecule has 4 rings (SSSR count). The predicted octanol–water partition coefficient (Wildman–Crippen LogP) is 5.83. The van der Waals surface area contributed by atoms with E-state index in [1.807, 2.05) is 44.2 Å². The summed E-state index contributed by atoms with van der Waals surface area (Å²) in [6.07, 6.45) is -0.0177. The SMILES string of the molecule is CC(C)Oc1ccc(C2=C(Sc3ccccc3)C(=O)N(c3ccc(F)cc3F)C2=O)cc1. The van der Waals surface area contributed by atoms with Crippen molar-refractivity contribution in [3.63, 3.8) is 0 Å². The summed E-state index contributed by atoms with van der Waals surface area (Å²) < 4.78 is 33.5. The number of halogens is 2. The number of ether oxygens (including phenoxy) is 1. The number of hydrogen-bond donors (Lipinski definition) is 0. The Morgan fingerprint density at radius 3 is 2.19 bits per heavy atom. The molecular formula is C25H19F2NO3S. The largest absolute Gasteiger partial charge is 0.491 e. The third-order valence-electron chi connectivity index (χ3n) is 4.67. The number of amides is 2. The monoisotopic (exact) mass is 451 g/mol. The minimum absolute atomic E-state index is 0.0177. The molecule has 0 aromatic heterocycles. The molecule has 0 fully saturated rings. The number of rotatable bonds is 6. The lowest BCUT2D eigenvalue weighted by Gasteiger charge is -2.16. The van der Waals surface area contributed by atoms with Crippen molar-refractivity contribution in [2.75, 3.05) is 4.90 Å².